The number of hydrogen-bond donors (Lipinski definition) is 1. The van der Waals surface area contributed by atoms with Crippen LogP contribution in [0.3, 0.4) is 0 Å². The van der Waals surface area contributed by atoms with Crippen LogP contribution in [0.15, 0.2) is 5.16 Å². The number of fused-ring (bicyclic) bond motifs is 1. The second-order valence-electron chi connectivity index (χ2n) is 6.37. The minimum Gasteiger partial charge on any atom is -0.450 e. The van der Waals surface area contributed by atoms with Crippen LogP contribution >= 0.6 is 15.9 Å². The summed E-state index contributed by atoms with van der Waals surface area (Å²) < 4.78 is 5.78. The number of halogens is 1. The summed E-state index contributed by atoms with van der Waals surface area (Å²) in [5.41, 5.74) is 0. The molecule has 0 aromatic carbocycles. The molecule has 2 rings (SSSR count). The van der Waals surface area contributed by atoms with Gasteiger partial charge < -0.3 is 19.8 Å². The monoisotopic (exact) mass is 389 g/mol. The Morgan fingerprint density at radius 3 is 2.83 bits per heavy atom. The highest BCUT2D eigenvalue weighted by Crippen LogP contribution is 2.30. The summed E-state index contributed by atoms with van der Waals surface area (Å²) >= 11 is 3.37. The molecule has 3 atom stereocenters. The van der Waals surface area contributed by atoms with Crippen molar-refractivity contribution in [3.63, 3.8) is 0 Å². The fourth-order valence-corrected chi connectivity index (χ4v) is 3.29. The van der Waals surface area contributed by atoms with Gasteiger partial charge in [-0.2, -0.15) is 0 Å². The molecule has 0 saturated carbocycles. The molecule has 2 heterocycles. The van der Waals surface area contributed by atoms with Crippen molar-refractivity contribution in [1.29, 1.82) is 0 Å². The number of carbonyl (C=O) groups excluding carboxylic acids is 2. The lowest BCUT2D eigenvalue weighted by Gasteiger charge is -2.25. The van der Waals surface area contributed by atoms with Crippen LogP contribution in [0, 0.1) is 11.8 Å². The highest BCUT2D eigenvalue weighted by molar-refractivity contribution is 9.18. The van der Waals surface area contributed by atoms with Gasteiger partial charge in [0.1, 0.15) is 10.7 Å². The van der Waals surface area contributed by atoms with Gasteiger partial charge in [0.05, 0.1) is 19.1 Å². The fraction of sp³-hybridized carbons (Fsp3) is 0.800. The van der Waals surface area contributed by atoms with Crippen molar-refractivity contribution < 1.29 is 19.2 Å². The van der Waals surface area contributed by atoms with Crippen LogP contribution in [0.2, 0.25) is 0 Å². The van der Waals surface area contributed by atoms with Crippen molar-refractivity contribution in [3.8, 4) is 0 Å². The van der Waals surface area contributed by atoms with Gasteiger partial charge in [0.15, 0.2) is 6.10 Å². The summed E-state index contributed by atoms with van der Waals surface area (Å²) in [4.78, 5) is 31.6. The van der Waals surface area contributed by atoms with Gasteiger partial charge in [-0.1, -0.05) is 25.9 Å². The Morgan fingerprint density at radius 2 is 2.22 bits per heavy atom. The lowest BCUT2D eigenvalue weighted by molar-refractivity contribution is -0.133. The predicted octanol–water partition coefficient (Wildman–Crippen LogP) is 2.10. The van der Waals surface area contributed by atoms with Crippen LogP contribution in [0.4, 0.5) is 4.79 Å². The van der Waals surface area contributed by atoms with Gasteiger partial charge in [-0.05, 0) is 34.7 Å². The van der Waals surface area contributed by atoms with Crippen LogP contribution in [-0.4, -0.2) is 53.4 Å². The summed E-state index contributed by atoms with van der Waals surface area (Å²) in [5, 5.41) is 6.60. The van der Waals surface area contributed by atoms with E-state index < -0.39 is 12.1 Å². The van der Waals surface area contributed by atoms with Gasteiger partial charge in [0.2, 0.25) is 5.91 Å². The first-order chi connectivity index (χ1) is 10.9. The summed E-state index contributed by atoms with van der Waals surface area (Å²) in [6, 6.07) is -0.575. The topological polar surface area (TPSA) is 80.2 Å². The molecule has 0 aromatic rings. The molecule has 2 unspecified atom stereocenters. The standard InChI is InChI=1S/C15H24BrN3O4/c1-4-5-22-15(21)17-11(6-9(2)3)14(20)19-7-10-12(8-19)23-18-13(10)16/h9-12H,4-8H2,1-3H3,(H,17,21)/t10?,11-,12?/m0/s1. The number of rotatable bonds is 6. The number of carbonyl (C=O) groups is 2. The zero-order valence-corrected chi connectivity index (χ0v) is 15.3. The second-order valence-corrected chi connectivity index (χ2v) is 7.18. The Kier molecular flexibility index (Phi) is 6.26. The molecule has 8 heteroatoms. The van der Waals surface area contributed by atoms with Crippen molar-refractivity contribution in [2.24, 2.45) is 17.0 Å². The number of amides is 2. The van der Waals surface area contributed by atoms with Gasteiger partial charge in [-0.15, -0.1) is 0 Å². The molecule has 2 aliphatic rings. The van der Waals surface area contributed by atoms with Crippen LogP contribution in [-0.2, 0) is 14.4 Å². The molecule has 1 saturated heterocycles. The minimum atomic E-state index is -0.575. The summed E-state index contributed by atoms with van der Waals surface area (Å²) in [5.74, 6) is 0.276. The first-order valence-electron chi connectivity index (χ1n) is 8.03. The SMILES string of the molecule is CCCOC(=O)N[C@@H](CC(C)C)C(=O)N1CC2ON=C(Br)C2C1. The Labute approximate surface area is 144 Å². The second kappa shape index (κ2) is 7.99. The van der Waals surface area contributed by atoms with E-state index in [1.54, 1.807) is 4.90 Å². The van der Waals surface area contributed by atoms with Gasteiger partial charge in [0, 0.05) is 6.54 Å². The smallest absolute Gasteiger partial charge is 0.407 e. The predicted molar refractivity (Wildman–Crippen MR) is 89.3 cm³/mol. The van der Waals surface area contributed by atoms with Crippen molar-refractivity contribution in [1.82, 2.24) is 10.2 Å². The average Bonchev–Trinajstić information content (AvgIpc) is 3.06. The van der Waals surface area contributed by atoms with Crippen molar-refractivity contribution in [2.45, 2.75) is 45.8 Å². The highest BCUT2D eigenvalue weighted by Gasteiger charge is 2.44. The van der Waals surface area contributed by atoms with Crippen molar-refractivity contribution in [2.75, 3.05) is 19.7 Å². The van der Waals surface area contributed by atoms with E-state index in [0.717, 1.165) is 11.0 Å². The van der Waals surface area contributed by atoms with E-state index in [9.17, 15) is 9.59 Å². The van der Waals surface area contributed by atoms with E-state index >= 15 is 0 Å². The molecular weight excluding hydrogens is 366 g/mol. The van der Waals surface area contributed by atoms with E-state index in [-0.39, 0.29) is 23.8 Å². The summed E-state index contributed by atoms with van der Waals surface area (Å²) in [7, 11) is 0. The number of oxime groups is 1. The first kappa shape index (κ1) is 18.0. The molecule has 1 N–H and O–H groups in total. The number of alkyl carbamates (subject to hydrolysis) is 1. The molecule has 0 radical (unpaired) electrons. The lowest BCUT2D eigenvalue weighted by atomic mass is 10.0. The quantitative estimate of drug-likeness (QED) is 0.753. The number of nitrogens with zero attached hydrogens (tertiary/aromatic N) is 2. The number of likely N-dealkylation sites (tertiary alicyclic amines) is 1. The normalized spacial score (nSPS) is 24.0. The third-order valence-electron chi connectivity index (χ3n) is 3.89. The molecule has 7 nitrogen and oxygen atoms in total. The minimum absolute atomic E-state index is 0.0886. The summed E-state index contributed by atoms with van der Waals surface area (Å²) in [6.45, 7) is 7.34. The molecule has 2 aliphatic heterocycles. The fourth-order valence-electron chi connectivity index (χ4n) is 2.77. The molecule has 0 spiro atoms. The third-order valence-corrected chi connectivity index (χ3v) is 4.63. The van der Waals surface area contributed by atoms with E-state index in [0.29, 0.717) is 26.1 Å². The van der Waals surface area contributed by atoms with Gasteiger partial charge in [-0.25, -0.2) is 4.79 Å². The number of ether oxygens (including phenoxy) is 1. The molecule has 23 heavy (non-hydrogen) atoms. The zero-order chi connectivity index (χ0) is 17.0. The van der Waals surface area contributed by atoms with Gasteiger partial charge in [0.25, 0.3) is 0 Å². The maximum absolute atomic E-state index is 12.8. The van der Waals surface area contributed by atoms with Crippen molar-refractivity contribution in [3.05, 3.63) is 0 Å². The molecule has 0 bridgehead atoms. The molecule has 0 aromatic heterocycles. The van der Waals surface area contributed by atoms with E-state index in [2.05, 4.69) is 26.4 Å². The molecule has 1 fully saturated rings. The first-order valence-corrected chi connectivity index (χ1v) is 8.83. The van der Waals surface area contributed by atoms with Crippen LogP contribution < -0.4 is 5.32 Å². The average molecular weight is 390 g/mol. The summed E-state index contributed by atoms with van der Waals surface area (Å²) in [6.07, 6.45) is 0.683. The van der Waals surface area contributed by atoms with Crippen molar-refractivity contribution >= 4 is 32.6 Å². The molecule has 0 aliphatic carbocycles. The van der Waals surface area contributed by atoms with Gasteiger partial charge >= 0.3 is 6.09 Å². The largest absolute Gasteiger partial charge is 0.450 e. The Balaban J connectivity index is 1.96. The van der Waals surface area contributed by atoms with Crippen LogP contribution in [0.5, 0.6) is 0 Å². The Bertz CT molecular complexity index is 483. The van der Waals surface area contributed by atoms with E-state index in [1.165, 1.54) is 0 Å². The Morgan fingerprint density at radius 1 is 1.48 bits per heavy atom. The van der Waals surface area contributed by atoms with E-state index in [4.69, 9.17) is 9.57 Å². The van der Waals surface area contributed by atoms with Crippen LogP contribution in [0.25, 0.3) is 0 Å². The number of nitrogens with one attached hydrogen (secondary N) is 1. The molecule has 2 amide bonds. The third kappa shape index (κ3) is 4.59. The van der Waals surface area contributed by atoms with E-state index in [1.807, 2.05) is 20.8 Å². The molecule has 130 valence electrons. The zero-order valence-electron chi connectivity index (χ0n) is 13.8. The Hall–Kier alpha value is -1.31. The maximum atomic E-state index is 12.8. The number of hydrogen-bond acceptors (Lipinski definition) is 5. The van der Waals surface area contributed by atoms with Crippen LogP contribution in [0.1, 0.15) is 33.6 Å². The highest BCUT2D eigenvalue weighted by atomic mass is 79.9. The van der Waals surface area contributed by atoms with Gasteiger partial charge in [-0.3, -0.25) is 4.79 Å². The maximum Gasteiger partial charge on any atom is 0.407 e. The molecular formula is C15H24BrN3O4. The lowest BCUT2D eigenvalue weighted by Crippen LogP contribution is -2.49.